The number of benzene rings is 3. The van der Waals surface area contributed by atoms with Crippen LogP contribution < -0.4 is 0 Å². The van der Waals surface area contributed by atoms with Gasteiger partial charge in [0.05, 0.1) is 32.5 Å². The summed E-state index contributed by atoms with van der Waals surface area (Å²) in [5.74, 6) is -0.896. The first-order chi connectivity index (χ1) is 18.9. The highest BCUT2D eigenvalue weighted by Gasteiger charge is 2.55. The van der Waals surface area contributed by atoms with Crippen molar-refractivity contribution in [3.63, 3.8) is 0 Å². The molecule has 6 nitrogen and oxygen atoms in total. The van der Waals surface area contributed by atoms with Crippen molar-refractivity contribution < 1.29 is 28.5 Å². The highest BCUT2D eigenvalue weighted by molar-refractivity contribution is 5.99. The first kappa shape index (κ1) is 27.4. The van der Waals surface area contributed by atoms with Crippen LogP contribution >= 0.6 is 0 Å². The molecule has 0 unspecified atom stereocenters. The maximum Gasteiger partial charge on any atom is 0.190 e. The third-order valence-electron chi connectivity index (χ3n) is 7.11. The number of rotatable bonds is 11. The molecule has 6 heteroatoms. The van der Waals surface area contributed by atoms with Gasteiger partial charge < -0.3 is 23.7 Å². The predicted molar refractivity (Wildman–Crippen MR) is 148 cm³/mol. The van der Waals surface area contributed by atoms with Crippen LogP contribution in [0.2, 0.25) is 0 Å². The van der Waals surface area contributed by atoms with Crippen molar-refractivity contribution in [2.45, 2.75) is 69.8 Å². The van der Waals surface area contributed by atoms with Gasteiger partial charge in [0.2, 0.25) is 0 Å². The van der Waals surface area contributed by atoms with Crippen molar-refractivity contribution in [1.29, 1.82) is 0 Å². The standard InChI is InChI=1S/C33H36O6/c1-32(2)37-24-28(39-32)20-33(38-23-27-16-10-5-11-17-27)30(34)19-18-29(35-21-25-12-6-3-7-13-25)31(33)36-22-26-14-8-4-9-15-26/h3-19,28-29,31H,20-24H2,1-2H3/t28-,29+,31-,33+/m0/s1. The average molecular weight is 529 g/mol. The second-order valence-corrected chi connectivity index (χ2v) is 10.5. The second-order valence-electron chi connectivity index (χ2n) is 10.5. The largest absolute Gasteiger partial charge is 0.367 e. The topological polar surface area (TPSA) is 63.2 Å². The van der Waals surface area contributed by atoms with Crippen molar-refractivity contribution >= 4 is 5.78 Å². The Labute approximate surface area is 230 Å². The maximum absolute atomic E-state index is 13.9. The first-order valence-corrected chi connectivity index (χ1v) is 13.5. The lowest BCUT2D eigenvalue weighted by molar-refractivity contribution is -0.210. The summed E-state index contributed by atoms with van der Waals surface area (Å²) in [4.78, 5) is 13.9. The molecule has 2 aliphatic rings. The van der Waals surface area contributed by atoms with E-state index in [-0.39, 0.29) is 24.9 Å². The van der Waals surface area contributed by atoms with Gasteiger partial charge in [0.1, 0.15) is 12.2 Å². The smallest absolute Gasteiger partial charge is 0.190 e. The van der Waals surface area contributed by atoms with Gasteiger partial charge in [0, 0.05) is 6.42 Å². The SMILES string of the molecule is CC1(C)OC[C@H](C[C@@]2(OCc3ccccc3)C(=O)C=C[C@@H](OCc3ccccc3)[C@@H]2OCc2ccccc2)O1. The van der Waals surface area contributed by atoms with Crippen LogP contribution in [-0.2, 0) is 48.3 Å². The molecule has 1 fully saturated rings. The number of ether oxygens (including phenoxy) is 5. The molecule has 0 N–H and O–H groups in total. The van der Waals surface area contributed by atoms with E-state index in [9.17, 15) is 4.79 Å². The highest BCUT2D eigenvalue weighted by Crippen LogP contribution is 2.39. The number of hydrogen-bond donors (Lipinski definition) is 0. The van der Waals surface area contributed by atoms with Crippen LogP contribution in [0.1, 0.15) is 37.0 Å². The van der Waals surface area contributed by atoms with Crippen molar-refractivity contribution in [2.24, 2.45) is 0 Å². The molecular formula is C33H36O6. The second kappa shape index (κ2) is 12.4. The predicted octanol–water partition coefficient (Wildman–Crippen LogP) is 5.79. The fraction of sp³-hybridized carbons (Fsp3) is 0.364. The lowest BCUT2D eigenvalue weighted by atomic mass is 9.78. The third-order valence-corrected chi connectivity index (χ3v) is 7.11. The fourth-order valence-electron chi connectivity index (χ4n) is 5.15. The molecule has 0 amide bonds. The molecule has 0 aromatic heterocycles. The Morgan fingerprint density at radius 2 is 1.31 bits per heavy atom. The van der Waals surface area contributed by atoms with Gasteiger partial charge in [-0.3, -0.25) is 4.79 Å². The van der Waals surface area contributed by atoms with Gasteiger partial charge in [-0.15, -0.1) is 0 Å². The van der Waals surface area contributed by atoms with Crippen LogP contribution in [0.5, 0.6) is 0 Å². The van der Waals surface area contributed by atoms with Crippen molar-refractivity contribution in [1.82, 2.24) is 0 Å². The summed E-state index contributed by atoms with van der Waals surface area (Å²) >= 11 is 0. The summed E-state index contributed by atoms with van der Waals surface area (Å²) in [7, 11) is 0. The van der Waals surface area contributed by atoms with E-state index in [0.717, 1.165) is 16.7 Å². The van der Waals surface area contributed by atoms with Crippen molar-refractivity contribution in [2.75, 3.05) is 6.61 Å². The molecule has 0 radical (unpaired) electrons. The molecule has 1 heterocycles. The Morgan fingerprint density at radius 3 is 1.85 bits per heavy atom. The van der Waals surface area contributed by atoms with Crippen LogP contribution in [0.25, 0.3) is 0 Å². The minimum absolute atomic E-state index is 0.163. The molecule has 3 aromatic carbocycles. The van der Waals surface area contributed by atoms with Crippen LogP contribution in [0, 0.1) is 0 Å². The molecule has 0 bridgehead atoms. The molecule has 1 aliphatic carbocycles. The molecule has 204 valence electrons. The minimum atomic E-state index is -1.34. The van der Waals surface area contributed by atoms with Gasteiger partial charge in [-0.05, 0) is 42.7 Å². The Kier molecular flexibility index (Phi) is 8.70. The number of ketones is 1. The molecule has 0 saturated carbocycles. The summed E-state index contributed by atoms with van der Waals surface area (Å²) in [6.45, 7) is 5.04. The zero-order valence-electron chi connectivity index (χ0n) is 22.5. The monoisotopic (exact) mass is 528 g/mol. The van der Waals surface area contributed by atoms with E-state index in [2.05, 4.69) is 0 Å². The van der Waals surface area contributed by atoms with E-state index in [1.54, 1.807) is 12.2 Å². The molecule has 4 atom stereocenters. The van der Waals surface area contributed by atoms with Gasteiger partial charge in [0.15, 0.2) is 17.2 Å². The number of hydrogen-bond acceptors (Lipinski definition) is 6. The highest BCUT2D eigenvalue weighted by atomic mass is 16.7. The van der Waals surface area contributed by atoms with E-state index >= 15 is 0 Å². The Morgan fingerprint density at radius 1 is 0.769 bits per heavy atom. The minimum Gasteiger partial charge on any atom is -0.367 e. The van der Waals surface area contributed by atoms with Gasteiger partial charge in [0.25, 0.3) is 0 Å². The number of carbonyl (C=O) groups excluding carboxylic acids is 1. The number of carbonyl (C=O) groups is 1. The van der Waals surface area contributed by atoms with E-state index in [1.165, 1.54) is 0 Å². The Hall–Kier alpha value is -3.13. The van der Waals surface area contributed by atoms with E-state index in [0.29, 0.717) is 19.8 Å². The molecule has 0 spiro atoms. The van der Waals surface area contributed by atoms with Crippen LogP contribution in [0.15, 0.2) is 103 Å². The van der Waals surface area contributed by atoms with Crippen LogP contribution in [0.3, 0.4) is 0 Å². The molecular weight excluding hydrogens is 492 g/mol. The average Bonchev–Trinajstić information content (AvgIpc) is 3.31. The molecule has 5 rings (SSSR count). The first-order valence-electron chi connectivity index (χ1n) is 13.5. The third kappa shape index (κ3) is 6.90. The Balaban J connectivity index is 1.47. The zero-order chi connectivity index (χ0) is 27.1. The van der Waals surface area contributed by atoms with E-state index in [1.807, 2.05) is 105 Å². The quantitative estimate of drug-likeness (QED) is 0.314. The lowest BCUT2D eigenvalue weighted by Crippen LogP contribution is -2.60. The van der Waals surface area contributed by atoms with E-state index < -0.39 is 23.6 Å². The molecule has 1 saturated heterocycles. The summed E-state index contributed by atoms with van der Waals surface area (Å²) in [6.07, 6.45) is 2.07. The Bertz CT molecular complexity index is 1230. The van der Waals surface area contributed by atoms with Crippen molar-refractivity contribution in [3.8, 4) is 0 Å². The lowest BCUT2D eigenvalue weighted by Gasteiger charge is -2.44. The van der Waals surface area contributed by atoms with E-state index in [4.69, 9.17) is 23.7 Å². The molecule has 1 aliphatic heterocycles. The molecule has 39 heavy (non-hydrogen) atoms. The van der Waals surface area contributed by atoms with Crippen LogP contribution in [0.4, 0.5) is 0 Å². The summed E-state index contributed by atoms with van der Waals surface area (Å²) in [6, 6.07) is 29.7. The van der Waals surface area contributed by atoms with Crippen molar-refractivity contribution in [3.05, 3.63) is 120 Å². The van der Waals surface area contributed by atoms with Gasteiger partial charge in [-0.25, -0.2) is 0 Å². The summed E-state index contributed by atoms with van der Waals surface area (Å²) in [5.41, 5.74) is 1.66. The summed E-state index contributed by atoms with van der Waals surface area (Å²) in [5, 5.41) is 0. The summed E-state index contributed by atoms with van der Waals surface area (Å²) < 4.78 is 31.7. The fourth-order valence-corrected chi connectivity index (χ4v) is 5.15. The maximum atomic E-state index is 13.9. The van der Waals surface area contributed by atoms with Gasteiger partial charge in [-0.1, -0.05) is 91.0 Å². The molecule has 3 aromatic rings. The van der Waals surface area contributed by atoms with Gasteiger partial charge in [-0.2, -0.15) is 0 Å². The normalized spacial score (nSPS) is 26.1. The van der Waals surface area contributed by atoms with Crippen LogP contribution in [-0.4, -0.2) is 42.1 Å². The van der Waals surface area contributed by atoms with Gasteiger partial charge >= 0.3 is 0 Å². The zero-order valence-corrected chi connectivity index (χ0v) is 22.5.